The van der Waals surface area contributed by atoms with Crippen LogP contribution in [0.25, 0.3) is 110 Å². The number of rotatable bonds is 4. The zero-order chi connectivity index (χ0) is 35.6. The van der Waals surface area contributed by atoms with Crippen LogP contribution in [0.4, 0.5) is 0 Å². The lowest BCUT2D eigenvalue weighted by molar-refractivity contribution is 1.31. The van der Waals surface area contributed by atoms with E-state index in [1.54, 1.807) is 0 Å². The predicted octanol–water partition coefficient (Wildman–Crippen LogP) is 11.6. The summed E-state index contributed by atoms with van der Waals surface area (Å²) in [6, 6.07) is 52.6. The maximum absolute atomic E-state index is 5.13. The lowest BCUT2D eigenvalue weighted by Gasteiger charge is -2.10. The van der Waals surface area contributed by atoms with Gasteiger partial charge in [-0.3, -0.25) is 15.0 Å². The van der Waals surface area contributed by atoms with Crippen molar-refractivity contribution in [2.45, 2.75) is 0 Å². The second kappa shape index (κ2) is 12.1. The molecule has 54 heavy (non-hydrogen) atoms. The van der Waals surface area contributed by atoms with Gasteiger partial charge in [0.1, 0.15) is 0 Å². The van der Waals surface area contributed by atoms with Crippen molar-refractivity contribution >= 4 is 65.4 Å². The quantitative estimate of drug-likeness (QED) is 0.171. The van der Waals surface area contributed by atoms with Crippen LogP contribution in [0.2, 0.25) is 0 Å². The van der Waals surface area contributed by atoms with Crippen molar-refractivity contribution < 1.29 is 0 Å². The van der Waals surface area contributed by atoms with Gasteiger partial charge in [0, 0.05) is 56.5 Å². The SMILES string of the molecule is c1cnc2c(c1)ccc1ccc(-c3ccc4ccc(-c5ccc6ccc(-c7ccc(-c8ccnc9c8ccc8cccnc89)cc7)nc6c5)cc4n3)nc12. The molecule has 0 saturated carbocycles. The molecule has 11 aromatic rings. The molecule has 0 radical (unpaired) electrons. The molecule has 0 aliphatic heterocycles. The first-order valence-electron chi connectivity index (χ1n) is 17.9. The van der Waals surface area contributed by atoms with Crippen LogP contribution in [-0.2, 0) is 0 Å². The van der Waals surface area contributed by atoms with Crippen LogP contribution in [0.1, 0.15) is 0 Å². The normalized spacial score (nSPS) is 11.7. The van der Waals surface area contributed by atoms with Crippen LogP contribution < -0.4 is 0 Å². The lowest BCUT2D eigenvalue weighted by atomic mass is 9.98. The van der Waals surface area contributed by atoms with Crippen LogP contribution in [0.5, 0.6) is 0 Å². The Bertz CT molecular complexity index is 3280. The van der Waals surface area contributed by atoms with Gasteiger partial charge in [0.2, 0.25) is 0 Å². The second-order valence-corrected chi connectivity index (χ2v) is 13.6. The molecule has 5 aromatic carbocycles. The molecular formula is C48H28N6. The summed E-state index contributed by atoms with van der Waals surface area (Å²) in [5, 5.41) is 6.47. The molecule has 0 atom stereocenters. The Kier molecular flexibility index (Phi) is 6.75. The van der Waals surface area contributed by atoms with Gasteiger partial charge in [-0.25, -0.2) is 15.0 Å². The molecule has 0 fully saturated rings. The van der Waals surface area contributed by atoms with Gasteiger partial charge in [-0.1, -0.05) is 103 Å². The van der Waals surface area contributed by atoms with Crippen molar-refractivity contribution in [3.63, 3.8) is 0 Å². The Balaban J connectivity index is 0.920. The molecular weight excluding hydrogens is 661 g/mol. The molecule has 0 unspecified atom stereocenters. The fraction of sp³-hybridized carbons (Fsp3) is 0. The topological polar surface area (TPSA) is 77.3 Å². The Hall–Kier alpha value is -7.44. The number of hydrogen-bond acceptors (Lipinski definition) is 6. The highest BCUT2D eigenvalue weighted by molar-refractivity contribution is 6.08. The second-order valence-electron chi connectivity index (χ2n) is 13.6. The average Bonchev–Trinajstić information content (AvgIpc) is 3.25. The molecule has 250 valence electrons. The van der Waals surface area contributed by atoms with Gasteiger partial charge in [0.25, 0.3) is 0 Å². The zero-order valence-electron chi connectivity index (χ0n) is 28.8. The number of nitrogens with zero attached hydrogens (tertiary/aromatic N) is 6. The Morgan fingerprint density at radius 3 is 1.48 bits per heavy atom. The molecule has 6 nitrogen and oxygen atoms in total. The number of hydrogen-bond donors (Lipinski definition) is 0. The summed E-state index contributed by atoms with van der Waals surface area (Å²) in [5.41, 5.74) is 13.5. The third kappa shape index (κ3) is 5.04. The number of benzene rings is 5. The van der Waals surface area contributed by atoms with Gasteiger partial charge < -0.3 is 0 Å². The summed E-state index contributed by atoms with van der Waals surface area (Å²) in [7, 11) is 0. The predicted molar refractivity (Wildman–Crippen MR) is 220 cm³/mol. The lowest BCUT2D eigenvalue weighted by Crippen LogP contribution is -1.92. The van der Waals surface area contributed by atoms with E-state index in [1.165, 1.54) is 0 Å². The highest BCUT2D eigenvalue weighted by Gasteiger charge is 2.12. The van der Waals surface area contributed by atoms with Crippen molar-refractivity contribution in [3.05, 3.63) is 170 Å². The van der Waals surface area contributed by atoms with Gasteiger partial charge in [0.05, 0.1) is 50.2 Å². The molecule has 0 aliphatic rings. The highest BCUT2D eigenvalue weighted by atomic mass is 14.8. The van der Waals surface area contributed by atoms with E-state index < -0.39 is 0 Å². The molecule has 11 rings (SSSR count). The smallest absolute Gasteiger partial charge is 0.0972 e. The monoisotopic (exact) mass is 688 g/mol. The van der Waals surface area contributed by atoms with Crippen molar-refractivity contribution in [2.24, 2.45) is 0 Å². The molecule has 6 heterocycles. The standard InChI is InChI=1S/C48H28N6/c1-3-33-11-12-35-18-22-42(54-47(35)45(33)49-24-1)41-21-17-32-10-14-37(28-44(32)53-41)36-13-9-31-16-20-40(52-43(31)27-36)30-7-5-29(6-8-30)38-23-26-51-48-39(38)19-15-34-4-2-25-50-46(34)48/h1-28H. The Morgan fingerprint density at radius 2 is 0.778 bits per heavy atom. The molecule has 0 bridgehead atoms. The summed E-state index contributed by atoms with van der Waals surface area (Å²) in [6.07, 6.45) is 5.51. The first kappa shape index (κ1) is 30.2. The Morgan fingerprint density at radius 1 is 0.296 bits per heavy atom. The van der Waals surface area contributed by atoms with E-state index in [4.69, 9.17) is 15.0 Å². The van der Waals surface area contributed by atoms with Gasteiger partial charge in [-0.2, -0.15) is 0 Å². The first-order chi connectivity index (χ1) is 26.7. The van der Waals surface area contributed by atoms with Crippen LogP contribution >= 0.6 is 0 Å². The van der Waals surface area contributed by atoms with Crippen LogP contribution in [0.3, 0.4) is 0 Å². The fourth-order valence-electron chi connectivity index (χ4n) is 7.59. The van der Waals surface area contributed by atoms with Gasteiger partial charge >= 0.3 is 0 Å². The van der Waals surface area contributed by atoms with Crippen molar-refractivity contribution in [1.82, 2.24) is 29.9 Å². The summed E-state index contributed by atoms with van der Waals surface area (Å²) < 4.78 is 0. The minimum absolute atomic E-state index is 0.823. The van der Waals surface area contributed by atoms with E-state index in [0.717, 1.165) is 110 Å². The summed E-state index contributed by atoms with van der Waals surface area (Å²) in [4.78, 5) is 29.2. The fourth-order valence-corrected chi connectivity index (χ4v) is 7.59. The molecule has 6 heteroatoms. The maximum atomic E-state index is 5.13. The minimum Gasteiger partial charge on any atom is -0.254 e. The maximum Gasteiger partial charge on any atom is 0.0972 e. The van der Waals surface area contributed by atoms with Crippen LogP contribution in [0, 0.1) is 0 Å². The number of aromatic nitrogens is 6. The van der Waals surface area contributed by atoms with Crippen molar-refractivity contribution in [1.29, 1.82) is 0 Å². The average molecular weight is 689 g/mol. The number of pyridine rings is 6. The van der Waals surface area contributed by atoms with E-state index in [0.29, 0.717) is 0 Å². The zero-order valence-corrected chi connectivity index (χ0v) is 28.8. The van der Waals surface area contributed by atoms with Gasteiger partial charge in [-0.05, 0) is 70.8 Å². The molecule has 6 aromatic heterocycles. The van der Waals surface area contributed by atoms with Crippen LogP contribution in [-0.4, -0.2) is 29.9 Å². The summed E-state index contributed by atoms with van der Waals surface area (Å²) in [5.74, 6) is 0. The molecule has 0 amide bonds. The molecule has 0 aliphatic carbocycles. The molecule has 0 spiro atoms. The van der Waals surface area contributed by atoms with Crippen molar-refractivity contribution in [3.8, 4) is 44.9 Å². The van der Waals surface area contributed by atoms with E-state index in [2.05, 4.69) is 142 Å². The largest absolute Gasteiger partial charge is 0.254 e. The Labute approximate surface area is 309 Å². The van der Waals surface area contributed by atoms with Gasteiger partial charge in [-0.15, -0.1) is 0 Å². The van der Waals surface area contributed by atoms with E-state index >= 15 is 0 Å². The number of fused-ring (bicyclic) bond motifs is 8. The summed E-state index contributed by atoms with van der Waals surface area (Å²) in [6.45, 7) is 0. The minimum atomic E-state index is 0.823. The highest BCUT2D eigenvalue weighted by Crippen LogP contribution is 2.34. The third-order valence-corrected chi connectivity index (χ3v) is 10.4. The van der Waals surface area contributed by atoms with E-state index in [9.17, 15) is 0 Å². The van der Waals surface area contributed by atoms with E-state index in [1.807, 2.05) is 42.9 Å². The molecule has 0 N–H and O–H groups in total. The van der Waals surface area contributed by atoms with Gasteiger partial charge in [0.15, 0.2) is 0 Å². The van der Waals surface area contributed by atoms with Crippen LogP contribution in [0.15, 0.2) is 170 Å². The van der Waals surface area contributed by atoms with E-state index in [-0.39, 0.29) is 0 Å². The third-order valence-electron chi connectivity index (χ3n) is 10.4. The van der Waals surface area contributed by atoms with Crippen molar-refractivity contribution in [2.75, 3.05) is 0 Å². The summed E-state index contributed by atoms with van der Waals surface area (Å²) >= 11 is 0. The molecule has 0 saturated heterocycles. The first-order valence-corrected chi connectivity index (χ1v) is 17.9.